The lowest BCUT2D eigenvalue weighted by molar-refractivity contribution is -0.122. The third-order valence-electron chi connectivity index (χ3n) is 6.02. The van der Waals surface area contributed by atoms with E-state index in [0.29, 0.717) is 36.7 Å². The van der Waals surface area contributed by atoms with E-state index in [1.165, 1.54) is 36.7 Å². The Morgan fingerprint density at radius 3 is 2.25 bits per heavy atom. The van der Waals surface area contributed by atoms with Crippen LogP contribution in [-0.4, -0.2) is 66.7 Å². The van der Waals surface area contributed by atoms with Crippen LogP contribution in [0.2, 0.25) is 0 Å². The number of rotatable bonds is 10. The SMILES string of the molecule is CC[C@H](Oc1ccc(N(C)S(C)(=O)=O)cc1)C(=O)Nc1cc(S(=O)(=O)N2CCCCC2)ccc1OC. The van der Waals surface area contributed by atoms with Crippen molar-refractivity contribution in [1.29, 1.82) is 0 Å². The number of amides is 1. The predicted octanol–water partition coefficient (Wildman–Crippen LogP) is 3.06. The van der Waals surface area contributed by atoms with Crippen molar-refractivity contribution in [3.63, 3.8) is 0 Å². The van der Waals surface area contributed by atoms with Gasteiger partial charge in [-0.1, -0.05) is 13.3 Å². The Morgan fingerprint density at radius 1 is 1.06 bits per heavy atom. The molecule has 1 fully saturated rings. The number of piperidine rings is 1. The van der Waals surface area contributed by atoms with E-state index in [9.17, 15) is 21.6 Å². The van der Waals surface area contributed by atoms with Gasteiger partial charge in [-0.3, -0.25) is 9.10 Å². The molecule has 1 atom stereocenters. The zero-order chi connectivity index (χ0) is 26.5. The molecule has 0 aliphatic carbocycles. The molecule has 3 rings (SSSR count). The number of nitrogens with zero attached hydrogens (tertiary/aromatic N) is 2. The van der Waals surface area contributed by atoms with Gasteiger partial charge in [-0.25, -0.2) is 16.8 Å². The average molecular weight is 540 g/mol. The number of carbonyl (C=O) groups is 1. The summed E-state index contributed by atoms with van der Waals surface area (Å²) in [5.74, 6) is 0.237. The van der Waals surface area contributed by atoms with Crippen LogP contribution in [0.5, 0.6) is 11.5 Å². The van der Waals surface area contributed by atoms with Gasteiger partial charge in [-0.15, -0.1) is 0 Å². The number of anilines is 2. The molecule has 0 spiro atoms. The van der Waals surface area contributed by atoms with Crippen molar-refractivity contribution in [3.8, 4) is 11.5 Å². The number of benzene rings is 2. The highest BCUT2D eigenvalue weighted by molar-refractivity contribution is 7.92. The topological polar surface area (TPSA) is 122 Å². The number of ether oxygens (including phenoxy) is 2. The van der Waals surface area contributed by atoms with Gasteiger partial charge in [0, 0.05) is 20.1 Å². The minimum absolute atomic E-state index is 0.0834. The number of sulfonamides is 2. The molecule has 1 amide bonds. The zero-order valence-corrected chi connectivity index (χ0v) is 22.6. The van der Waals surface area contributed by atoms with Crippen molar-refractivity contribution in [1.82, 2.24) is 4.31 Å². The fourth-order valence-electron chi connectivity index (χ4n) is 3.83. The summed E-state index contributed by atoms with van der Waals surface area (Å²) in [4.78, 5) is 13.1. The van der Waals surface area contributed by atoms with E-state index in [1.807, 2.05) is 0 Å². The van der Waals surface area contributed by atoms with Gasteiger partial charge in [0.15, 0.2) is 6.10 Å². The van der Waals surface area contributed by atoms with Crippen LogP contribution >= 0.6 is 0 Å². The highest BCUT2D eigenvalue weighted by Gasteiger charge is 2.28. The summed E-state index contributed by atoms with van der Waals surface area (Å²) in [6.45, 7) is 2.73. The van der Waals surface area contributed by atoms with Crippen LogP contribution < -0.4 is 19.1 Å². The molecule has 2 aromatic carbocycles. The van der Waals surface area contributed by atoms with Gasteiger partial charge in [0.25, 0.3) is 5.91 Å². The van der Waals surface area contributed by atoms with Crippen molar-refractivity contribution in [2.24, 2.45) is 0 Å². The molecule has 0 saturated carbocycles. The summed E-state index contributed by atoms with van der Waals surface area (Å²) in [5, 5.41) is 2.74. The van der Waals surface area contributed by atoms with Crippen LogP contribution in [0.1, 0.15) is 32.6 Å². The summed E-state index contributed by atoms with van der Waals surface area (Å²) in [5.41, 5.74) is 0.687. The first kappa shape index (κ1) is 27.8. The maximum atomic E-state index is 13.1. The van der Waals surface area contributed by atoms with Crippen LogP contribution in [0.3, 0.4) is 0 Å². The van der Waals surface area contributed by atoms with Crippen LogP contribution in [0.4, 0.5) is 11.4 Å². The standard InChI is InChI=1S/C24H33N3O7S2/c1-5-22(34-19-11-9-18(10-12-19)26(2)35(4,29)30)24(28)25-21-17-20(13-14-23(21)33-3)36(31,32)27-15-7-6-8-16-27/h9-14,17,22H,5-8,15-16H2,1-4H3,(H,25,28)/t22-/m0/s1. The van der Waals surface area contributed by atoms with E-state index < -0.39 is 32.1 Å². The van der Waals surface area contributed by atoms with Gasteiger partial charge in [-0.05, 0) is 61.7 Å². The third kappa shape index (κ3) is 6.48. The number of methoxy groups -OCH3 is 1. The number of hydrogen-bond acceptors (Lipinski definition) is 7. The van der Waals surface area contributed by atoms with E-state index in [1.54, 1.807) is 31.2 Å². The first-order valence-corrected chi connectivity index (χ1v) is 15.0. The first-order valence-electron chi connectivity index (χ1n) is 11.7. The monoisotopic (exact) mass is 539 g/mol. The summed E-state index contributed by atoms with van der Waals surface area (Å²) in [6, 6.07) is 10.7. The van der Waals surface area contributed by atoms with E-state index in [2.05, 4.69) is 5.32 Å². The number of hydrogen-bond donors (Lipinski definition) is 1. The van der Waals surface area contributed by atoms with Gasteiger partial charge in [0.1, 0.15) is 11.5 Å². The molecule has 0 aromatic heterocycles. The molecule has 198 valence electrons. The Hall–Kier alpha value is -2.83. The molecule has 1 N–H and O–H groups in total. The van der Waals surface area contributed by atoms with Gasteiger partial charge >= 0.3 is 0 Å². The normalized spacial score (nSPS) is 15.7. The number of nitrogens with one attached hydrogen (secondary N) is 1. The molecule has 36 heavy (non-hydrogen) atoms. The lowest BCUT2D eigenvalue weighted by Gasteiger charge is -2.26. The third-order valence-corrected chi connectivity index (χ3v) is 9.12. The number of carbonyl (C=O) groups excluding carboxylic acids is 1. The molecular formula is C24H33N3O7S2. The van der Waals surface area contributed by atoms with Crippen molar-refractivity contribution in [2.75, 3.05) is 43.1 Å². The van der Waals surface area contributed by atoms with E-state index in [4.69, 9.17) is 9.47 Å². The Morgan fingerprint density at radius 2 is 1.69 bits per heavy atom. The summed E-state index contributed by atoms with van der Waals surface area (Å²) in [7, 11) is -4.21. The van der Waals surface area contributed by atoms with Crippen LogP contribution in [0.25, 0.3) is 0 Å². The second-order valence-electron chi connectivity index (χ2n) is 8.56. The van der Waals surface area contributed by atoms with Gasteiger partial charge in [-0.2, -0.15) is 4.31 Å². The fourth-order valence-corrected chi connectivity index (χ4v) is 5.87. The molecule has 1 heterocycles. The summed E-state index contributed by atoms with van der Waals surface area (Å²) >= 11 is 0. The summed E-state index contributed by atoms with van der Waals surface area (Å²) < 4.78 is 63.4. The van der Waals surface area contributed by atoms with Crippen LogP contribution in [0, 0.1) is 0 Å². The Bertz CT molecular complexity index is 1270. The molecule has 1 saturated heterocycles. The summed E-state index contributed by atoms with van der Waals surface area (Å²) in [6.07, 6.45) is 3.21. The highest BCUT2D eigenvalue weighted by atomic mass is 32.2. The van der Waals surface area contributed by atoms with Crippen molar-refractivity contribution in [2.45, 2.75) is 43.6 Å². The Balaban J connectivity index is 1.77. The molecule has 0 unspecified atom stereocenters. The quantitative estimate of drug-likeness (QED) is 0.492. The molecule has 10 nitrogen and oxygen atoms in total. The van der Waals surface area contributed by atoms with Crippen LogP contribution in [0.15, 0.2) is 47.4 Å². The molecule has 2 aromatic rings. The largest absolute Gasteiger partial charge is 0.495 e. The predicted molar refractivity (Wildman–Crippen MR) is 139 cm³/mol. The molecule has 12 heteroatoms. The molecule has 0 bridgehead atoms. The smallest absolute Gasteiger partial charge is 0.265 e. The Kier molecular flexibility index (Phi) is 8.85. The zero-order valence-electron chi connectivity index (χ0n) is 20.9. The van der Waals surface area contributed by atoms with Gasteiger partial charge in [0.2, 0.25) is 20.0 Å². The first-order chi connectivity index (χ1) is 17.0. The van der Waals surface area contributed by atoms with Gasteiger partial charge < -0.3 is 14.8 Å². The highest BCUT2D eigenvalue weighted by Crippen LogP contribution is 2.30. The molecule has 0 radical (unpaired) electrons. The minimum Gasteiger partial charge on any atom is -0.495 e. The van der Waals surface area contributed by atoms with E-state index >= 15 is 0 Å². The lowest BCUT2D eigenvalue weighted by Crippen LogP contribution is -2.35. The Labute approximate surface area is 213 Å². The van der Waals surface area contributed by atoms with E-state index in [-0.39, 0.29) is 10.6 Å². The van der Waals surface area contributed by atoms with Crippen molar-refractivity contribution < 1.29 is 31.1 Å². The van der Waals surface area contributed by atoms with E-state index in [0.717, 1.165) is 29.8 Å². The maximum absolute atomic E-state index is 13.1. The van der Waals surface area contributed by atoms with Crippen LogP contribution in [-0.2, 0) is 24.8 Å². The fraction of sp³-hybridized carbons (Fsp3) is 0.458. The molecule has 1 aliphatic rings. The lowest BCUT2D eigenvalue weighted by atomic mass is 10.2. The van der Waals surface area contributed by atoms with Gasteiger partial charge in [0.05, 0.1) is 29.6 Å². The maximum Gasteiger partial charge on any atom is 0.265 e. The molecule has 1 aliphatic heterocycles. The van der Waals surface area contributed by atoms with Crippen molar-refractivity contribution >= 4 is 37.3 Å². The second-order valence-corrected chi connectivity index (χ2v) is 12.5. The minimum atomic E-state index is -3.69. The average Bonchev–Trinajstić information content (AvgIpc) is 2.87. The van der Waals surface area contributed by atoms with Crippen molar-refractivity contribution in [3.05, 3.63) is 42.5 Å². The second kappa shape index (κ2) is 11.5. The molecular weight excluding hydrogens is 506 g/mol.